The van der Waals surface area contributed by atoms with Crippen molar-refractivity contribution < 1.29 is 33.8 Å². The number of thiol groups is 1. The number of carbonyl (C=O) groups excluding carboxylic acids is 4. The highest BCUT2D eigenvalue weighted by Crippen LogP contribution is 2.37. The van der Waals surface area contributed by atoms with E-state index in [0.717, 1.165) is 0 Å². The molecule has 2 aromatic rings. The van der Waals surface area contributed by atoms with E-state index in [2.05, 4.69) is 17.5 Å². The third-order valence-electron chi connectivity index (χ3n) is 5.54. The summed E-state index contributed by atoms with van der Waals surface area (Å²) in [7, 11) is 0. The number of phenols is 1. The standard InChI is InChI=1S/C25H28N2O7S/c1-5-33-22(30)13-34-21-10-19(28)17(9-18(21)25(2,3)4)20(29)12-27-11-15-8-14(23(31)26-35)6-7-16(15)24(27)32/h6-10,28,35H,5,11-13H2,1-4H3,(H,26,31). The van der Waals surface area contributed by atoms with Gasteiger partial charge in [-0.3, -0.25) is 19.1 Å². The molecule has 1 heterocycles. The van der Waals surface area contributed by atoms with Crippen LogP contribution in [0, 0.1) is 0 Å². The summed E-state index contributed by atoms with van der Waals surface area (Å²) >= 11 is 3.75. The molecule has 1 aliphatic rings. The normalized spacial score (nSPS) is 12.8. The van der Waals surface area contributed by atoms with Crippen molar-refractivity contribution >= 4 is 36.4 Å². The summed E-state index contributed by atoms with van der Waals surface area (Å²) in [5, 5.41) is 10.6. The van der Waals surface area contributed by atoms with Crippen LogP contribution in [0.3, 0.4) is 0 Å². The number of nitrogens with zero attached hydrogens (tertiary/aromatic N) is 1. The van der Waals surface area contributed by atoms with Crippen LogP contribution in [0.15, 0.2) is 30.3 Å². The number of carbonyl (C=O) groups is 4. The van der Waals surface area contributed by atoms with Gasteiger partial charge in [-0.15, -0.1) is 0 Å². The Morgan fingerprint density at radius 1 is 1.17 bits per heavy atom. The Hall–Kier alpha value is -3.53. The first-order valence-corrected chi connectivity index (χ1v) is 11.5. The second-order valence-corrected chi connectivity index (χ2v) is 9.33. The number of ether oxygens (including phenoxy) is 2. The molecule has 2 N–H and O–H groups in total. The molecule has 0 atom stereocenters. The van der Waals surface area contributed by atoms with Gasteiger partial charge in [0.1, 0.15) is 11.5 Å². The molecule has 2 amide bonds. The maximum absolute atomic E-state index is 13.1. The number of benzene rings is 2. The zero-order chi connectivity index (χ0) is 25.9. The highest BCUT2D eigenvalue weighted by atomic mass is 32.1. The number of hydrogen-bond acceptors (Lipinski definition) is 8. The fraction of sp³-hybridized carbons (Fsp3) is 0.360. The molecule has 2 aromatic carbocycles. The number of aromatic hydroxyl groups is 1. The second-order valence-electron chi connectivity index (χ2n) is 9.11. The predicted molar refractivity (Wildman–Crippen MR) is 131 cm³/mol. The van der Waals surface area contributed by atoms with Crippen molar-refractivity contribution in [3.8, 4) is 11.5 Å². The number of amides is 2. The van der Waals surface area contributed by atoms with Gasteiger partial charge in [-0.05, 0) is 42.2 Å². The number of esters is 1. The zero-order valence-electron chi connectivity index (χ0n) is 20.0. The highest BCUT2D eigenvalue weighted by molar-refractivity contribution is 7.78. The lowest BCUT2D eigenvalue weighted by Gasteiger charge is -2.24. The number of nitrogens with one attached hydrogen (secondary N) is 1. The van der Waals surface area contributed by atoms with Crippen LogP contribution in [-0.4, -0.2) is 53.3 Å². The number of phenolic OH excluding ortho intramolecular Hbond substituents is 1. The largest absolute Gasteiger partial charge is 0.507 e. The van der Waals surface area contributed by atoms with Gasteiger partial charge in [-0.25, -0.2) is 4.79 Å². The molecule has 0 radical (unpaired) electrons. The van der Waals surface area contributed by atoms with Gasteiger partial charge < -0.3 is 19.5 Å². The molecule has 0 saturated carbocycles. The SMILES string of the molecule is CCOC(=O)COc1cc(O)c(C(=O)CN2Cc3cc(C(=O)NS)ccc3C2=O)cc1C(C)(C)C. The van der Waals surface area contributed by atoms with E-state index in [1.807, 2.05) is 20.8 Å². The first kappa shape index (κ1) is 26.1. The van der Waals surface area contributed by atoms with Gasteiger partial charge in [0, 0.05) is 29.3 Å². The Kier molecular flexibility index (Phi) is 7.74. The highest BCUT2D eigenvalue weighted by Gasteiger charge is 2.31. The topological polar surface area (TPSA) is 122 Å². The minimum atomic E-state index is -0.547. The van der Waals surface area contributed by atoms with Crippen LogP contribution >= 0.6 is 12.8 Å². The smallest absolute Gasteiger partial charge is 0.344 e. The molecule has 0 fully saturated rings. The average molecular weight is 501 g/mol. The lowest BCUT2D eigenvalue weighted by molar-refractivity contribution is -0.145. The molecule has 0 aromatic heterocycles. The molecule has 0 aliphatic carbocycles. The summed E-state index contributed by atoms with van der Waals surface area (Å²) in [5.74, 6) is -1.80. The number of ketones is 1. The van der Waals surface area contributed by atoms with Gasteiger partial charge in [-0.1, -0.05) is 33.6 Å². The van der Waals surface area contributed by atoms with Crippen LogP contribution in [0.5, 0.6) is 11.5 Å². The summed E-state index contributed by atoms with van der Waals surface area (Å²) in [4.78, 5) is 50.8. The third-order valence-corrected chi connectivity index (χ3v) is 5.74. The molecule has 0 bridgehead atoms. The fourth-order valence-corrected chi connectivity index (χ4v) is 3.94. The van der Waals surface area contributed by atoms with Crippen LogP contribution in [0.2, 0.25) is 0 Å². The Morgan fingerprint density at radius 2 is 1.89 bits per heavy atom. The molecule has 3 rings (SSSR count). The number of rotatable bonds is 8. The molecule has 1 aliphatic heterocycles. The maximum atomic E-state index is 13.1. The molecule has 35 heavy (non-hydrogen) atoms. The van der Waals surface area contributed by atoms with Crippen molar-refractivity contribution in [3.05, 3.63) is 58.1 Å². The Bertz CT molecular complexity index is 1190. The summed E-state index contributed by atoms with van der Waals surface area (Å²) in [6.07, 6.45) is 0. The molecule has 186 valence electrons. The molecule has 0 unspecified atom stereocenters. The van der Waals surface area contributed by atoms with Crippen molar-refractivity contribution in [1.82, 2.24) is 9.62 Å². The third kappa shape index (κ3) is 5.76. The first-order chi connectivity index (χ1) is 16.5. The van der Waals surface area contributed by atoms with Gasteiger partial charge in [-0.2, -0.15) is 0 Å². The van der Waals surface area contributed by atoms with Crippen molar-refractivity contribution in [1.29, 1.82) is 0 Å². The van der Waals surface area contributed by atoms with Crippen molar-refractivity contribution in [2.75, 3.05) is 19.8 Å². The number of hydrogen-bond donors (Lipinski definition) is 3. The molecular formula is C25H28N2O7S. The van der Waals surface area contributed by atoms with E-state index < -0.39 is 23.1 Å². The fourth-order valence-electron chi connectivity index (χ4n) is 3.81. The summed E-state index contributed by atoms with van der Waals surface area (Å²) < 4.78 is 12.7. The van der Waals surface area contributed by atoms with Gasteiger partial charge in [0.2, 0.25) is 0 Å². The zero-order valence-corrected chi connectivity index (χ0v) is 20.9. The molecular weight excluding hydrogens is 472 g/mol. The van der Waals surface area contributed by atoms with Gasteiger partial charge >= 0.3 is 5.97 Å². The van der Waals surface area contributed by atoms with E-state index in [9.17, 15) is 24.3 Å². The van der Waals surface area contributed by atoms with Crippen LogP contribution in [0.1, 0.15) is 69.9 Å². The summed E-state index contributed by atoms with van der Waals surface area (Å²) in [6, 6.07) is 7.49. The van der Waals surface area contributed by atoms with Gasteiger partial charge in [0.15, 0.2) is 12.4 Å². The van der Waals surface area contributed by atoms with Crippen molar-refractivity contribution in [2.45, 2.75) is 39.7 Å². The van der Waals surface area contributed by atoms with Crippen molar-refractivity contribution in [2.24, 2.45) is 0 Å². The van der Waals surface area contributed by atoms with Crippen LogP contribution in [-0.2, 0) is 21.5 Å². The summed E-state index contributed by atoms with van der Waals surface area (Å²) in [6.45, 7) is 7.18. The van der Waals surface area contributed by atoms with Crippen molar-refractivity contribution in [3.63, 3.8) is 0 Å². The lowest BCUT2D eigenvalue weighted by atomic mass is 9.84. The number of Topliss-reactive ketones (excluding diaryl/α,β-unsaturated/α-hetero) is 1. The molecule has 9 nitrogen and oxygen atoms in total. The van der Waals surface area contributed by atoms with Crippen LogP contribution < -0.4 is 9.46 Å². The maximum Gasteiger partial charge on any atom is 0.344 e. The van der Waals surface area contributed by atoms with E-state index in [4.69, 9.17) is 9.47 Å². The monoisotopic (exact) mass is 500 g/mol. The predicted octanol–water partition coefficient (Wildman–Crippen LogP) is 3.04. The van der Waals surface area contributed by atoms with E-state index in [-0.39, 0.29) is 49.3 Å². The average Bonchev–Trinajstić information content (AvgIpc) is 3.10. The Labute approximate surface area is 208 Å². The van der Waals surface area contributed by atoms with E-state index >= 15 is 0 Å². The number of fused-ring (bicyclic) bond motifs is 1. The van der Waals surface area contributed by atoms with Crippen LogP contribution in [0.4, 0.5) is 0 Å². The summed E-state index contributed by atoms with van der Waals surface area (Å²) in [5.41, 5.74) is 1.57. The first-order valence-electron chi connectivity index (χ1n) is 11.0. The van der Waals surface area contributed by atoms with Crippen LogP contribution in [0.25, 0.3) is 0 Å². The Morgan fingerprint density at radius 3 is 2.51 bits per heavy atom. The second kappa shape index (κ2) is 10.4. The molecule has 0 saturated heterocycles. The van der Waals surface area contributed by atoms with Gasteiger partial charge in [0.25, 0.3) is 11.8 Å². The quantitative estimate of drug-likeness (QED) is 0.289. The van der Waals surface area contributed by atoms with Gasteiger partial charge in [0.05, 0.1) is 18.7 Å². The molecule has 0 spiro atoms. The van der Waals surface area contributed by atoms with E-state index in [0.29, 0.717) is 22.3 Å². The van der Waals surface area contributed by atoms with E-state index in [1.54, 1.807) is 19.1 Å². The van der Waals surface area contributed by atoms with E-state index in [1.165, 1.54) is 23.1 Å². The minimum absolute atomic E-state index is 0.0392. The Balaban J connectivity index is 1.83. The minimum Gasteiger partial charge on any atom is -0.507 e. The lowest BCUT2D eigenvalue weighted by Crippen LogP contribution is -2.30. The molecule has 10 heteroatoms.